The molecule has 0 aliphatic heterocycles. The number of hydrogen-bond donors (Lipinski definition) is 2. The summed E-state index contributed by atoms with van der Waals surface area (Å²) in [6, 6.07) is 1.17. The van der Waals surface area contributed by atoms with E-state index in [0.717, 1.165) is 12.1 Å². The van der Waals surface area contributed by atoms with Gasteiger partial charge in [-0.15, -0.1) is 0 Å². The molecule has 0 aliphatic rings. The maximum absolute atomic E-state index is 13.9. The first-order valence-electron chi connectivity index (χ1n) is 7.53. The molecule has 0 radical (unpaired) electrons. The molecule has 0 spiro atoms. The number of rotatable bonds is 7. The van der Waals surface area contributed by atoms with Crippen molar-refractivity contribution in [2.75, 3.05) is 6.61 Å². The van der Waals surface area contributed by atoms with E-state index in [4.69, 9.17) is 15.2 Å². The van der Waals surface area contributed by atoms with Gasteiger partial charge in [0.25, 0.3) is 0 Å². The highest BCUT2D eigenvalue weighted by atomic mass is 79.9. The number of amides is 2. The average Bonchev–Trinajstić information content (AvgIpc) is 2.44. The van der Waals surface area contributed by atoms with E-state index in [2.05, 4.69) is 21.2 Å². The summed E-state index contributed by atoms with van der Waals surface area (Å²) in [5.74, 6) is -2.33. The third kappa shape index (κ3) is 8.15. The van der Waals surface area contributed by atoms with Crippen LogP contribution in [0.25, 0.3) is 0 Å². The summed E-state index contributed by atoms with van der Waals surface area (Å²) in [5.41, 5.74) is 4.40. The lowest BCUT2D eigenvalue weighted by Gasteiger charge is -2.23. The van der Waals surface area contributed by atoms with E-state index in [-0.39, 0.29) is 29.7 Å². The van der Waals surface area contributed by atoms with Gasteiger partial charge in [-0.05, 0) is 49.2 Å². The Bertz CT molecular complexity index is 635. The van der Waals surface area contributed by atoms with E-state index >= 15 is 0 Å². The molecule has 0 heterocycles. The Labute approximate surface area is 153 Å². The average molecular weight is 423 g/mol. The Morgan fingerprint density at radius 1 is 1.32 bits per heavy atom. The zero-order valence-corrected chi connectivity index (χ0v) is 15.8. The number of carbonyl (C=O) groups is 2. The minimum Gasteiger partial charge on any atom is -0.488 e. The van der Waals surface area contributed by atoms with Crippen LogP contribution >= 0.6 is 15.9 Å². The maximum Gasteiger partial charge on any atom is 0.407 e. The zero-order chi connectivity index (χ0) is 19.2. The van der Waals surface area contributed by atoms with Crippen LogP contribution in [0.15, 0.2) is 16.6 Å². The number of benzene rings is 1. The third-order valence-corrected chi connectivity index (χ3v) is 3.44. The monoisotopic (exact) mass is 422 g/mol. The minimum absolute atomic E-state index is 0.0147. The smallest absolute Gasteiger partial charge is 0.407 e. The first-order valence-corrected chi connectivity index (χ1v) is 8.32. The molecule has 0 aliphatic carbocycles. The summed E-state index contributed by atoms with van der Waals surface area (Å²) >= 11 is 2.88. The number of alkyl carbamates (subject to hydrolysis) is 1. The highest BCUT2D eigenvalue weighted by molar-refractivity contribution is 9.10. The van der Waals surface area contributed by atoms with Crippen molar-refractivity contribution in [2.45, 2.75) is 45.3 Å². The van der Waals surface area contributed by atoms with Gasteiger partial charge < -0.3 is 20.5 Å². The molecule has 3 N–H and O–H groups in total. The Hall–Kier alpha value is -1.90. The Morgan fingerprint density at radius 3 is 2.52 bits per heavy atom. The molecule has 0 saturated carbocycles. The lowest BCUT2D eigenvalue weighted by atomic mass is 10.1. The topological polar surface area (TPSA) is 90.6 Å². The number of nitrogens with one attached hydrogen (secondary N) is 1. The van der Waals surface area contributed by atoms with Gasteiger partial charge in [0.05, 0.1) is 10.5 Å². The number of halogens is 3. The molecule has 0 bridgehead atoms. The summed E-state index contributed by atoms with van der Waals surface area (Å²) in [6.45, 7) is 4.89. The number of hydrogen-bond acceptors (Lipinski definition) is 4. The van der Waals surface area contributed by atoms with Crippen molar-refractivity contribution in [3.63, 3.8) is 0 Å². The van der Waals surface area contributed by atoms with Crippen molar-refractivity contribution in [1.29, 1.82) is 0 Å². The van der Waals surface area contributed by atoms with Crippen LogP contribution in [0.5, 0.6) is 5.75 Å². The molecule has 1 aromatic rings. The van der Waals surface area contributed by atoms with Crippen LogP contribution in [0.1, 0.15) is 33.6 Å². The van der Waals surface area contributed by atoms with Crippen molar-refractivity contribution in [3.05, 3.63) is 28.2 Å². The number of ether oxygens (including phenoxy) is 2. The second-order valence-corrected chi connectivity index (χ2v) is 7.21. The SMILES string of the molecule is CC(C)(C)OC(=O)N[C@@H](CCC(N)=O)COc1cc(F)cc(Br)c1F. The van der Waals surface area contributed by atoms with Crippen LogP contribution in [-0.4, -0.2) is 30.3 Å². The standard InChI is InChI=1S/C16H21BrF2N2O4/c1-16(2,3)25-15(23)21-10(4-5-13(20)22)8-24-12-7-9(18)6-11(17)14(12)19/h6-7,10H,4-5,8H2,1-3H3,(H2,20,22)(H,21,23)/t10-/m0/s1. The number of carbonyl (C=O) groups excluding carboxylic acids is 2. The summed E-state index contributed by atoms with van der Waals surface area (Å²) in [4.78, 5) is 22.8. The number of nitrogens with two attached hydrogens (primary N) is 1. The van der Waals surface area contributed by atoms with E-state index in [1.807, 2.05) is 0 Å². The van der Waals surface area contributed by atoms with E-state index in [0.29, 0.717) is 0 Å². The summed E-state index contributed by atoms with van der Waals surface area (Å²) in [6.07, 6.45) is -0.572. The quantitative estimate of drug-likeness (QED) is 0.659. The Morgan fingerprint density at radius 2 is 1.96 bits per heavy atom. The van der Waals surface area contributed by atoms with E-state index in [1.54, 1.807) is 20.8 Å². The van der Waals surface area contributed by atoms with Gasteiger partial charge in [0.2, 0.25) is 5.91 Å². The third-order valence-electron chi connectivity index (χ3n) is 2.86. The first kappa shape index (κ1) is 21.1. The molecule has 0 unspecified atom stereocenters. The first-order chi connectivity index (χ1) is 11.5. The number of primary amides is 1. The molecule has 140 valence electrons. The Kier molecular flexibility index (Phi) is 7.60. The fourth-order valence-electron chi connectivity index (χ4n) is 1.82. The van der Waals surface area contributed by atoms with Crippen molar-refractivity contribution >= 4 is 27.9 Å². The van der Waals surface area contributed by atoms with Gasteiger partial charge in [0.15, 0.2) is 11.6 Å². The molecular formula is C16H21BrF2N2O4. The predicted molar refractivity (Wildman–Crippen MR) is 91.1 cm³/mol. The molecule has 1 aromatic carbocycles. The van der Waals surface area contributed by atoms with Crippen molar-refractivity contribution in [1.82, 2.24) is 5.32 Å². The van der Waals surface area contributed by atoms with Crippen LogP contribution in [0.2, 0.25) is 0 Å². The summed E-state index contributed by atoms with van der Waals surface area (Å²) < 4.78 is 37.6. The molecule has 9 heteroatoms. The van der Waals surface area contributed by atoms with Crippen LogP contribution in [-0.2, 0) is 9.53 Å². The van der Waals surface area contributed by atoms with E-state index in [1.165, 1.54) is 0 Å². The molecule has 2 amide bonds. The molecule has 25 heavy (non-hydrogen) atoms. The normalized spacial score (nSPS) is 12.4. The zero-order valence-electron chi connectivity index (χ0n) is 14.2. The fraction of sp³-hybridized carbons (Fsp3) is 0.500. The van der Waals surface area contributed by atoms with Gasteiger partial charge >= 0.3 is 6.09 Å². The van der Waals surface area contributed by atoms with Crippen LogP contribution in [0, 0.1) is 11.6 Å². The van der Waals surface area contributed by atoms with Crippen molar-refractivity contribution in [2.24, 2.45) is 5.73 Å². The lowest BCUT2D eigenvalue weighted by Crippen LogP contribution is -2.42. The minimum atomic E-state index is -0.771. The molecule has 0 saturated heterocycles. The van der Waals surface area contributed by atoms with Crippen LogP contribution in [0.4, 0.5) is 13.6 Å². The van der Waals surface area contributed by atoms with E-state index < -0.39 is 35.3 Å². The predicted octanol–water partition coefficient (Wildman–Crippen LogP) is 3.26. The van der Waals surface area contributed by atoms with Gasteiger partial charge in [-0.25, -0.2) is 13.6 Å². The molecule has 1 rings (SSSR count). The van der Waals surface area contributed by atoms with E-state index in [9.17, 15) is 18.4 Å². The van der Waals surface area contributed by atoms with Crippen LogP contribution < -0.4 is 15.8 Å². The summed E-state index contributed by atoms with van der Waals surface area (Å²) in [7, 11) is 0. The van der Waals surface area contributed by atoms with Gasteiger partial charge in [-0.1, -0.05) is 0 Å². The molecular weight excluding hydrogens is 402 g/mol. The molecule has 0 fully saturated rings. The highest BCUT2D eigenvalue weighted by Gasteiger charge is 2.21. The second kappa shape index (κ2) is 8.98. The van der Waals surface area contributed by atoms with Crippen molar-refractivity contribution < 1.29 is 27.8 Å². The summed E-state index contributed by atoms with van der Waals surface area (Å²) in [5, 5.41) is 2.53. The molecule has 6 nitrogen and oxygen atoms in total. The van der Waals surface area contributed by atoms with Crippen LogP contribution in [0.3, 0.4) is 0 Å². The second-order valence-electron chi connectivity index (χ2n) is 6.36. The van der Waals surface area contributed by atoms with Gasteiger partial charge in [-0.3, -0.25) is 4.79 Å². The lowest BCUT2D eigenvalue weighted by molar-refractivity contribution is -0.118. The maximum atomic E-state index is 13.9. The van der Waals surface area contributed by atoms with Gasteiger partial charge in [0, 0.05) is 12.5 Å². The van der Waals surface area contributed by atoms with Crippen molar-refractivity contribution in [3.8, 4) is 5.75 Å². The largest absolute Gasteiger partial charge is 0.488 e. The fourth-order valence-corrected chi connectivity index (χ4v) is 2.23. The van der Waals surface area contributed by atoms with Gasteiger partial charge in [-0.2, -0.15) is 0 Å². The molecule has 0 aromatic heterocycles. The highest BCUT2D eigenvalue weighted by Crippen LogP contribution is 2.26. The Balaban J connectivity index is 2.76. The molecule has 1 atom stereocenters. The van der Waals surface area contributed by atoms with Gasteiger partial charge in [0.1, 0.15) is 18.0 Å².